The second kappa shape index (κ2) is 9.27. The zero-order valence-corrected chi connectivity index (χ0v) is 19.1. The van der Waals surface area contributed by atoms with Gasteiger partial charge >= 0.3 is 0 Å². The lowest BCUT2D eigenvalue weighted by Gasteiger charge is -2.23. The van der Waals surface area contributed by atoms with Crippen molar-refractivity contribution in [3.05, 3.63) is 70.6 Å². The van der Waals surface area contributed by atoms with Gasteiger partial charge in [0, 0.05) is 48.4 Å². The Kier molecular flexibility index (Phi) is 6.44. The van der Waals surface area contributed by atoms with E-state index in [-0.39, 0.29) is 5.41 Å². The number of hydrogen-bond acceptors (Lipinski definition) is 4. The molecule has 3 N–H and O–H groups in total. The average Bonchev–Trinajstić information content (AvgIpc) is 3.04. The molecule has 0 bridgehead atoms. The second-order valence-corrected chi connectivity index (χ2v) is 9.56. The number of hydrogen-bond donors (Lipinski definition) is 3. The van der Waals surface area contributed by atoms with E-state index in [1.807, 2.05) is 18.3 Å². The summed E-state index contributed by atoms with van der Waals surface area (Å²) in [6.07, 6.45) is 7.93. The fourth-order valence-corrected chi connectivity index (χ4v) is 4.57. The first-order chi connectivity index (χ1) is 15.3. The average molecular weight is 433 g/mol. The smallest absolute Gasteiger partial charge is 0.267 e. The Morgan fingerprint density at radius 3 is 2.75 bits per heavy atom. The summed E-state index contributed by atoms with van der Waals surface area (Å²) in [5, 5.41) is 9.88. The first-order valence-corrected chi connectivity index (χ1v) is 11.3. The second-order valence-electron chi connectivity index (χ2n) is 9.56. The molecule has 3 heterocycles. The minimum absolute atomic E-state index is 0.0436. The van der Waals surface area contributed by atoms with Crippen LogP contribution in [0.4, 0.5) is 0 Å². The molecule has 0 saturated heterocycles. The van der Waals surface area contributed by atoms with E-state index >= 15 is 0 Å². The number of fused-ring (bicyclic) bond motifs is 2. The Bertz CT molecular complexity index is 1140. The highest BCUT2D eigenvalue weighted by Gasteiger charge is 2.23. The number of benzene rings is 1. The molecule has 0 spiro atoms. The Labute approximate surface area is 189 Å². The number of aromatic nitrogens is 2. The van der Waals surface area contributed by atoms with Crippen LogP contribution in [0, 0.1) is 0 Å². The molecule has 1 amide bonds. The molecule has 6 nitrogen and oxygen atoms in total. The van der Waals surface area contributed by atoms with Crippen molar-refractivity contribution in [2.45, 2.75) is 45.4 Å². The number of carbonyl (C=O) groups excluding carboxylic acids is 1. The Hall–Kier alpha value is -2.96. The summed E-state index contributed by atoms with van der Waals surface area (Å²) < 4.78 is 0. The SMILES string of the molecule is CC(C)(C)c1[nH]c2ncccc2c1CCN1CCc2ccc(/C=C/C(=O)NO)cc2CC1. The maximum atomic E-state index is 11.2. The number of hydroxylamine groups is 1. The summed E-state index contributed by atoms with van der Waals surface area (Å²) in [4.78, 5) is 21.9. The number of pyridine rings is 1. The molecule has 168 valence electrons. The van der Waals surface area contributed by atoms with Crippen LogP contribution in [0.15, 0.2) is 42.6 Å². The fraction of sp³-hybridized carbons (Fsp3) is 0.385. The van der Waals surface area contributed by atoms with Crippen LogP contribution in [0.5, 0.6) is 0 Å². The molecule has 0 unspecified atom stereocenters. The summed E-state index contributed by atoms with van der Waals surface area (Å²) in [6.45, 7) is 9.83. The van der Waals surface area contributed by atoms with Crippen molar-refractivity contribution in [3.8, 4) is 0 Å². The first kappa shape index (κ1) is 22.2. The topological polar surface area (TPSA) is 81.2 Å². The Morgan fingerprint density at radius 2 is 2.00 bits per heavy atom. The van der Waals surface area contributed by atoms with Gasteiger partial charge in [-0.2, -0.15) is 0 Å². The predicted octanol–water partition coefficient (Wildman–Crippen LogP) is 4.02. The van der Waals surface area contributed by atoms with E-state index in [9.17, 15) is 4.79 Å². The highest BCUT2D eigenvalue weighted by molar-refractivity contribution is 5.90. The van der Waals surface area contributed by atoms with Crippen LogP contribution in [-0.4, -0.2) is 45.6 Å². The zero-order chi connectivity index (χ0) is 22.7. The molecule has 32 heavy (non-hydrogen) atoms. The molecule has 4 rings (SSSR count). The molecular formula is C26H32N4O2. The highest BCUT2D eigenvalue weighted by Crippen LogP contribution is 2.31. The molecule has 1 aromatic carbocycles. The van der Waals surface area contributed by atoms with Crippen LogP contribution < -0.4 is 5.48 Å². The van der Waals surface area contributed by atoms with Crippen LogP contribution >= 0.6 is 0 Å². The third kappa shape index (κ3) is 4.92. The molecule has 0 aliphatic carbocycles. The molecule has 1 aliphatic rings. The third-order valence-corrected chi connectivity index (χ3v) is 6.27. The highest BCUT2D eigenvalue weighted by atomic mass is 16.5. The van der Waals surface area contributed by atoms with Gasteiger partial charge < -0.3 is 9.88 Å². The number of aromatic amines is 1. The van der Waals surface area contributed by atoms with E-state index in [0.29, 0.717) is 0 Å². The zero-order valence-electron chi connectivity index (χ0n) is 19.1. The molecule has 2 aromatic heterocycles. The summed E-state index contributed by atoms with van der Waals surface area (Å²) in [5.41, 5.74) is 9.01. The van der Waals surface area contributed by atoms with Crippen LogP contribution in [-0.2, 0) is 29.5 Å². The van der Waals surface area contributed by atoms with Crippen molar-refractivity contribution < 1.29 is 10.0 Å². The predicted molar refractivity (Wildman–Crippen MR) is 128 cm³/mol. The minimum atomic E-state index is -0.520. The van der Waals surface area contributed by atoms with E-state index < -0.39 is 5.91 Å². The largest absolute Gasteiger partial charge is 0.343 e. The van der Waals surface area contributed by atoms with Gasteiger partial charge in [-0.15, -0.1) is 0 Å². The van der Waals surface area contributed by atoms with Gasteiger partial charge in [0.25, 0.3) is 5.91 Å². The van der Waals surface area contributed by atoms with Crippen molar-refractivity contribution in [1.29, 1.82) is 0 Å². The maximum absolute atomic E-state index is 11.2. The van der Waals surface area contributed by atoms with E-state index in [0.717, 1.165) is 50.1 Å². The lowest BCUT2D eigenvalue weighted by molar-refractivity contribution is -0.124. The molecule has 0 saturated carbocycles. The standard InChI is InChI=1S/C26H32N4O2/c1-26(2,3)24-21(22-5-4-13-27-25(22)28-24)12-16-30-14-10-19-8-6-18(7-9-23(31)29-32)17-20(19)11-15-30/h4-9,13,17,32H,10-12,14-16H2,1-3H3,(H,27,28)(H,29,31)/b9-7+. The molecule has 6 heteroatoms. The Balaban J connectivity index is 1.46. The number of amides is 1. The van der Waals surface area contributed by atoms with Gasteiger partial charge in [0.1, 0.15) is 5.65 Å². The van der Waals surface area contributed by atoms with Gasteiger partial charge in [-0.05, 0) is 59.7 Å². The lowest BCUT2D eigenvalue weighted by Crippen LogP contribution is -2.29. The molecule has 3 aromatic rings. The van der Waals surface area contributed by atoms with E-state index in [2.05, 4.69) is 53.8 Å². The summed E-state index contributed by atoms with van der Waals surface area (Å²) in [5.74, 6) is -0.520. The quantitative estimate of drug-likeness (QED) is 0.323. The van der Waals surface area contributed by atoms with Crippen LogP contribution in [0.3, 0.4) is 0 Å². The fourth-order valence-electron chi connectivity index (χ4n) is 4.57. The maximum Gasteiger partial charge on any atom is 0.267 e. The van der Waals surface area contributed by atoms with E-state index in [1.165, 1.54) is 33.8 Å². The van der Waals surface area contributed by atoms with Crippen molar-refractivity contribution >= 4 is 23.0 Å². The first-order valence-electron chi connectivity index (χ1n) is 11.3. The molecule has 1 aliphatic heterocycles. The summed E-state index contributed by atoms with van der Waals surface area (Å²) in [6, 6.07) is 10.5. The van der Waals surface area contributed by atoms with Crippen molar-refractivity contribution in [1.82, 2.24) is 20.3 Å². The molecular weight excluding hydrogens is 400 g/mol. The molecule has 0 radical (unpaired) electrons. The lowest BCUT2D eigenvalue weighted by atomic mass is 9.88. The summed E-state index contributed by atoms with van der Waals surface area (Å²) >= 11 is 0. The van der Waals surface area contributed by atoms with Crippen LogP contribution in [0.25, 0.3) is 17.1 Å². The van der Waals surface area contributed by atoms with Crippen molar-refractivity contribution in [3.63, 3.8) is 0 Å². The van der Waals surface area contributed by atoms with Gasteiger partial charge in [-0.1, -0.05) is 39.0 Å². The van der Waals surface area contributed by atoms with E-state index in [4.69, 9.17) is 5.21 Å². The summed E-state index contributed by atoms with van der Waals surface area (Å²) in [7, 11) is 0. The molecule has 0 atom stereocenters. The number of carbonyl (C=O) groups is 1. The third-order valence-electron chi connectivity index (χ3n) is 6.27. The molecule has 0 fully saturated rings. The number of H-pyrrole nitrogens is 1. The van der Waals surface area contributed by atoms with Gasteiger partial charge in [-0.3, -0.25) is 10.0 Å². The van der Waals surface area contributed by atoms with Gasteiger partial charge in [-0.25, -0.2) is 10.5 Å². The van der Waals surface area contributed by atoms with Gasteiger partial charge in [0.2, 0.25) is 0 Å². The van der Waals surface area contributed by atoms with Crippen molar-refractivity contribution in [2.75, 3.05) is 19.6 Å². The van der Waals surface area contributed by atoms with Crippen LogP contribution in [0.1, 0.15) is 48.7 Å². The van der Waals surface area contributed by atoms with E-state index in [1.54, 1.807) is 11.6 Å². The van der Waals surface area contributed by atoms with Gasteiger partial charge in [0.05, 0.1) is 0 Å². The normalized spacial score (nSPS) is 15.1. The monoisotopic (exact) mass is 432 g/mol. The number of nitrogens with one attached hydrogen (secondary N) is 2. The van der Waals surface area contributed by atoms with Crippen molar-refractivity contribution in [2.24, 2.45) is 0 Å². The minimum Gasteiger partial charge on any atom is -0.343 e. The number of nitrogens with zero attached hydrogens (tertiary/aromatic N) is 2. The number of rotatable bonds is 5. The van der Waals surface area contributed by atoms with Gasteiger partial charge in [0.15, 0.2) is 0 Å². The van der Waals surface area contributed by atoms with Crippen LogP contribution in [0.2, 0.25) is 0 Å². The Morgan fingerprint density at radius 1 is 1.22 bits per heavy atom.